The van der Waals surface area contributed by atoms with E-state index in [2.05, 4.69) is 4.90 Å². The molecule has 1 fully saturated rings. The second-order valence-corrected chi connectivity index (χ2v) is 4.91. The van der Waals surface area contributed by atoms with Crippen molar-refractivity contribution >= 4 is 29.7 Å². The normalized spacial score (nSPS) is 15.1. The molecule has 1 aromatic carbocycles. The van der Waals surface area contributed by atoms with Crippen molar-refractivity contribution in [1.29, 1.82) is 0 Å². The average Bonchev–Trinajstić information content (AvgIpc) is 2.47. The van der Waals surface area contributed by atoms with Crippen LogP contribution in [0.1, 0.15) is 17.3 Å². The Hall–Kier alpha value is -1.75. The first-order valence-corrected chi connectivity index (χ1v) is 6.95. The molecule has 0 unspecified atom stereocenters. The maximum atomic E-state index is 11.6. The molecule has 2 rings (SSSR count). The van der Waals surface area contributed by atoms with E-state index in [1.54, 1.807) is 24.0 Å². The van der Waals surface area contributed by atoms with Crippen LogP contribution in [0.5, 0.6) is 0 Å². The molecule has 0 saturated carbocycles. The molecule has 1 aromatic rings. The lowest BCUT2D eigenvalue weighted by molar-refractivity contribution is 0.105. The minimum absolute atomic E-state index is 0.269. The summed E-state index contributed by atoms with van der Waals surface area (Å²) < 4.78 is 4.98. The van der Waals surface area contributed by atoms with Gasteiger partial charge in [0.2, 0.25) is 0 Å². The van der Waals surface area contributed by atoms with Crippen LogP contribution in [0.3, 0.4) is 0 Å². The van der Waals surface area contributed by atoms with Crippen molar-refractivity contribution in [3.63, 3.8) is 0 Å². The van der Waals surface area contributed by atoms with E-state index in [-0.39, 0.29) is 6.09 Å². The van der Waals surface area contributed by atoms with E-state index in [1.165, 1.54) is 0 Å². The molecule has 5 nitrogen and oxygen atoms in total. The van der Waals surface area contributed by atoms with Crippen LogP contribution < -0.4 is 4.90 Å². The number of rotatable bonds is 3. The van der Waals surface area contributed by atoms with Crippen molar-refractivity contribution in [2.75, 3.05) is 37.7 Å². The molecule has 0 N–H and O–H groups in total. The van der Waals surface area contributed by atoms with Crippen molar-refractivity contribution in [2.45, 2.75) is 6.92 Å². The summed E-state index contributed by atoms with van der Waals surface area (Å²) in [5.41, 5.74) is 1.45. The van der Waals surface area contributed by atoms with E-state index < -0.39 is 0 Å². The first kappa shape index (κ1) is 14.7. The van der Waals surface area contributed by atoms with Gasteiger partial charge < -0.3 is 14.5 Å². The van der Waals surface area contributed by atoms with Gasteiger partial charge in [-0.3, -0.25) is 4.79 Å². The SMILES string of the molecule is CCOC(=O)N1CCN(c2ccc(C=O)cc2Cl)CC1. The van der Waals surface area contributed by atoms with Gasteiger partial charge in [-0.2, -0.15) is 0 Å². The number of nitrogens with zero attached hydrogens (tertiary/aromatic N) is 2. The Bertz CT molecular complexity index is 499. The molecule has 1 amide bonds. The average molecular weight is 297 g/mol. The molecule has 0 atom stereocenters. The number of anilines is 1. The zero-order valence-electron chi connectivity index (χ0n) is 11.3. The van der Waals surface area contributed by atoms with Crippen LogP contribution in [0, 0.1) is 0 Å². The topological polar surface area (TPSA) is 49.9 Å². The second-order valence-electron chi connectivity index (χ2n) is 4.50. The van der Waals surface area contributed by atoms with Gasteiger partial charge in [0.1, 0.15) is 6.29 Å². The van der Waals surface area contributed by atoms with Crippen LogP contribution in [0.25, 0.3) is 0 Å². The monoisotopic (exact) mass is 296 g/mol. The number of benzene rings is 1. The third kappa shape index (κ3) is 3.22. The Morgan fingerprint density at radius 2 is 2.05 bits per heavy atom. The lowest BCUT2D eigenvalue weighted by Gasteiger charge is -2.35. The van der Waals surface area contributed by atoms with Crippen molar-refractivity contribution in [2.24, 2.45) is 0 Å². The van der Waals surface area contributed by atoms with Crippen molar-refractivity contribution in [3.8, 4) is 0 Å². The highest BCUT2D eigenvalue weighted by Crippen LogP contribution is 2.27. The molecule has 0 bridgehead atoms. The zero-order valence-corrected chi connectivity index (χ0v) is 12.1. The summed E-state index contributed by atoms with van der Waals surface area (Å²) in [6.07, 6.45) is 0.503. The third-order valence-corrected chi connectivity index (χ3v) is 3.56. The predicted molar refractivity (Wildman–Crippen MR) is 77.6 cm³/mol. The summed E-state index contributed by atoms with van der Waals surface area (Å²) >= 11 is 6.18. The Kier molecular flexibility index (Phi) is 4.84. The number of halogens is 1. The van der Waals surface area contributed by atoms with Gasteiger partial charge in [0, 0.05) is 31.7 Å². The smallest absolute Gasteiger partial charge is 0.409 e. The van der Waals surface area contributed by atoms with E-state index in [0.29, 0.717) is 43.4 Å². The van der Waals surface area contributed by atoms with Gasteiger partial charge in [0.05, 0.1) is 17.3 Å². The Morgan fingerprint density at radius 1 is 1.35 bits per heavy atom. The molecule has 6 heteroatoms. The summed E-state index contributed by atoms with van der Waals surface area (Å²) in [6.45, 7) is 4.77. The van der Waals surface area contributed by atoms with Crippen molar-refractivity contribution in [1.82, 2.24) is 4.90 Å². The van der Waals surface area contributed by atoms with Crippen molar-refractivity contribution in [3.05, 3.63) is 28.8 Å². The van der Waals surface area contributed by atoms with Crippen LogP contribution in [-0.4, -0.2) is 50.1 Å². The number of hydrogen-bond donors (Lipinski definition) is 0. The Labute approximate surface area is 123 Å². The molecule has 20 heavy (non-hydrogen) atoms. The summed E-state index contributed by atoms with van der Waals surface area (Å²) in [5, 5.41) is 0.555. The Balaban J connectivity index is 2.00. The fourth-order valence-corrected chi connectivity index (χ4v) is 2.51. The van der Waals surface area contributed by atoms with Gasteiger partial charge in [0.15, 0.2) is 0 Å². The van der Waals surface area contributed by atoms with Crippen molar-refractivity contribution < 1.29 is 14.3 Å². The zero-order chi connectivity index (χ0) is 14.5. The van der Waals surface area contributed by atoms with Gasteiger partial charge in [-0.25, -0.2) is 4.79 Å². The molecular formula is C14H17ClN2O3. The number of hydrogen-bond acceptors (Lipinski definition) is 4. The highest BCUT2D eigenvalue weighted by Gasteiger charge is 2.23. The van der Waals surface area contributed by atoms with E-state index in [1.807, 2.05) is 6.07 Å². The third-order valence-electron chi connectivity index (χ3n) is 3.25. The van der Waals surface area contributed by atoms with E-state index in [4.69, 9.17) is 16.3 Å². The molecule has 1 aliphatic heterocycles. The number of ether oxygens (including phenoxy) is 1. The summed E-state index contributed by atoms with van der Waals surface area (Å²) in [5.74, 6) is 0. The fourth-order valence-electron chi connectivity index (χ4n) is 2.20. The summed E-state index contributed by atoms with van der Waals surface area (Å²) in [7, 11) is 0. The highest BCUT2D eigenvalue weighted by atomic mass is 35.5. The molecule has 1 aliphatic rings. The minimum Gasteiger partial charge on any atom is -0.450 e. The van der Waals surface area contributed by atoms with Gasteiger partial charge in [-0.1, -0.05) is 11.6 Å². The van der Waals surface area contributed by atoms with Crippen LogP contribution in [0.4, 0.5) is 10.5 Å². The number of carbonyl (C=O) groups excluding carboxylic acids is 2. The minimum atomic E-state index is -0.269. The second kappa shape index (κ2) is 6.61. The van der Waals surface area contributed by atoms with Crippen LogP contribution in [-0.2, 0) is 4.74 Å². The summed E-state index contributed by atoms with van der Waals surface area (Å²) in [4.78, 5) is 26.1. The molecule has 1 heterocycles. The molecule has 0 radical (unpaired) electrons. The van der Waals surface area contributed by atoms with Gasteiger partial charge in [-0.15, -0.1) is 0 Å². The fraction of sp³-hybridized carbons (Fsp3) is 0.429. The first-order valence-electron chi connectivity index (χ1n) is 6.57. The molecule has 0 aromatic heterocycles. The van der Waals surface area contributed by atoms with Crippen LogP contribution in [0.15, 0.2) is 18.2 Å². The largest absolute Gasteiger partial charge is 0.450 e. The number of aldehydes is 1. The Morgan fingerprint density at radius 3 is 2.60 bits per heavy atom. The van der Waals surface area contributed by atoms with E-state index >= 15 is 0 Å². The standard InChI is InChI=1S/C14H17ClN2O3/c1-2-20-14(19)17-7-5-16(6-8-17)13-4-3-11(10-18)9-12(13)15/h3-4,9-10H,2,5-8H2,1H3. The lowest BCUT2D eigenvalue weighted by atomic mass is 10.2. The van der Waals surface area contributed by atoms with Gasteiger partial charge >= 0.3 is 6.09 Å². The van der Waals surface area contributed by atoms with E-state index in [0.717, 1.165) is 12.0 Å². The predicted octanol–water partition coefficient (Wildman–Crippen LogP) is 2.43. The molecule has 1 saturated heterocycles. The van der Waals surface area contributed by atoms with E-state index in [9.17, 15) is 9.59 Å². The quantitative estimate of drug-likeness (QED) is 0.804. The first-order chi connectivity index (χ1) is 9.65. The molecule has 0 spiro atoms. The molecule has 108 valence electrons. The van der Waals surface area contributed by atoms with Crippen LogP contribution >= 0.6 is 11.6 Å². The van der Waals surface area contributed by atoms with Gasteiger partial charge in [0.25, 0.3) is 0 Å². The van der Waals surface area contributed by atoms with Gasteiger partial charge in [-0.05, 0) is 25.1 Å². The number of carbonyl (C=O) groups is 2. The van der Waals surface area contributed by atoms with Crippen LogP contribution in [0.2, 0.25) is 5.02 Å². The lowest BCUT2D eigenvalue weighted by Crippen LogP contribution is -2.49. The molecule has 0 aliphatic carbocycles. The number of piperazine rings is 1. The number of amides is 1. The maximum absolute atomic E-state index is 11.6. The highest BCUT2D eigenvalue weighted by molar-refractivity contribution is 6.33. The maximum Gasteiger partial charge on any atom is 0.409 e. The summed E-state index contributed by atoms with van der Waals surface area (Å²) in [6, 6.07) is 5.24. The molecular weight excluding hydrogens is 280 g/mol.